The van der Waals surface area contributed by atoms with Crippen LogP contribution in [0.25, 0.3) is 0 Å². The Labute approximate surface area is 166 Å². The van der Waals surface area contributed by atoms with Crippen LogP contribution in [0.1, 0.15) is 21.2 Å². The summed E-state index contributed by atoms with van der Waals surface area (Å²) in [6.07, 6.45) is 3.09. The van der Waals surface area contributed by atoms with Gasteiger partial charge >= 0.3 is 0 Å². The van der Waals surface area contributed by atoms with E-state index in [0.717, 1.165) is 4.47 Å². The van der Waals surface area contributed by atoms with Gasteiger partial charge in [-0.3, -0.25) is 9.78 Å². The van der Waals surface area contributed by atoms with E-state index >= 15 is 0 Å². The molecule has 3 rings (SSSR count). The highest BCUT2D eigenvalue weighted by atomic mass is 79.9. The Bertz CT molecular complexity index is 1010. The van der Waals surface area contributed by atoms with Crippen molar-refractivity contribution in [3.05, 3.63) is 94.7 Å². The molecular weight excluding hydrogens is 428 g/mol. The number of carbonyl (C=O) groups is 1. The van der Waals surface area contributed by atoms with E-state index in [0.29, 0.717) is 11.1 Å². The molecule has 3 aromatic rings. The lowest BCUT2D eigenvalue weighted by Gasteiger charge is -2.19. The fourth-order valence-corrected chi connectivity index (χ4v) is 4.57. The number of nitrogens with one attached hydrogen (secondary N) is 1. The molecule has 1 amide bonds. The molecule has 0 fully saturated rings. The van der Waals surface area contributed by atoms with Gasteiger partial charge in [0.15, 0.2) is 9.84 Å². The van der Waals surface area contributed by atoms with Crippen molar-refractivity contribution in [3.63, 3.8) is 0 Å². The molecule has 1 unspecified atom stereocenters. The summed E-state index contributed by atoms with van der Waals surface area (Å²) in [7, 11) is -3.70. The largest absolute Gasteiger partial charge is 0.350 e. The van der Waals surface area contributed by atoms with E-state index in [-0.39, 0.29) is 17.3 Å². The van der Waals surface area contributed by atoms with E-state index in [1.54, 1.807) is 72.9 Å². The number of hydrogen-bond acceptors (Lipinski definition) is 4. The molecule has 1 atom stereocenters. The quantitative estimate of drug-likeness (QED) is 0.627. The average molecular weight is 445 g/mol. The number of amides is 1. The molecule has 1 N–H and O–H groups in total. The number of halogens is 1. The number of pyridine rings is 1. The maximum atomic E-state index is 13.1. The van der Waals surface area contributed by atoms with Crippen LogP contribution in [0.5, 0.6) is 0 Å². The van der Waals surface area contributed by atoms with Gasteiger partial charge < -0.3 is 5.32 Å². The highest BCUT2D eigenvalue weighted by molar-refractivity contribution is 9.10. The maximum absolute atomic E-state index is 13.1. The summed E-state index contributed by atoms with van der Waals surface area (Å²) < 4.78 is 27.1. The van der Waals surface area contributed by atoms with Crippen LogP contribution in [-0.4, -0.2) is 25.9 Å². The summed E-state index contributed by atoms with van der Waals surface area (Å²) in [4.78, 5) is 16.6. The maximum Gasteiger partial charge on any atom is 0.251 e. The van der Waals surface area contributed by atoms with Crippen molar-refractivity contribution in [3.8, 4) is 0 Å². The normalized spacial score (nSPS) is 12.3. The zero-order valence-corrected chi connectivity index (χ0v) is 16.7. The van der Waals surface area contributed by atoms with Gasteiger partial charge in [-0.05, 0) is 48.0 Å². The molecule has 1 aromatic heterocycles. The third-order valence-electron chi connectivity index (χ3n) is 4.06. The zero-order chi connectivity index (χ0) is 19.3. The number of rotatable bonds is 6. The summed E-state index contributed by atoms with van der Waals surface area (Å²) in [5.74, 6) is -0.334. The number of hydrogen-bond donors (Lipinski definition) is 1. The van der Waals surface area contributed by atoms with Crippen LogP contribution in [0.15, 0.2) is 88.5 Å². The molecule has 0 bridgehead atoms. The molecule has 2 aromatic carbocycles. The van der Waals surface area contributed by atoms with Gasteiger partial charge in [-0.1, -0.05) is 40.2 Å². The molecule has 1 heterocycles. The second kappa shape index (κ2) is 8.45. The van der Waals surface area contributed by atoms with Crippen LogP contribution >= 0.6 is 15.9 Å². The Morgan fingerprint density at radius 2 is 1.70 bits per heavy atom. The predicted molar refractivity (Wildman–Crippen MR) is 107 cm³/mol. The van der Waals surface area contributed by atoms with Gasteiger partial charge in [0.25, 0.3) is 5.91 Å². The number of nitrogens with zero attached hydrogens (tertiary/aromatic N) is 1. The summed E-state index contributed by atoms with van der Waals surface area (Å²) in [5.41, 5.74) is 0.984. The first-order valence-electron chi connectivity index (χ1n) is 8.21. The Hall–Kier alpha value is -2.51. The molecule has 0 radical (unpaired) electrons. The molecule has 27 heavy (non-hydrogen) atoms. The van der Waals surface area contributed by atoms with Crippen molar-refractivity contribution < 1.29 is 13.2 Å². The molecule has 0 saturated heterocycles. The van der Waals surface area contributed by atoms with Crippen molar-refractivity contribution in [2.75, 3.05) is 6.54 Å². The first-order chi connectivity index (χ1) is 13.0. The van der Waals surface area contributed by atoms with E-state index < -0.39 is 15.1 Å². The predicted octanol–water partition coefficient (Wildman–Crippen LogP) is 3.79. The Balaban J connectivity index is 1.87. The lowest BCUT2D eigenvalue weighted by Crippen LogP contribution is -2.32. The number of aromatic nitrogens is 1. The molecule has 0 spiro atoms. The fourth-order valence-electron chi connectivity index (χ4n) is 2.64. The monoisotopic (exact) mass is 444 g/mol. The number of sulfone groups is 1. The first-order valence-corrected chi connectivity index (χ1v) is 10.5. The zero-order valence-electron chi connectivity index (χ0n) is 14.2. The third-order valence-corrected chi connectivity index (χ3v) is 6.70. The fraction of sp³-hybridized carbons (Fsp3) is 0.100. The van der Waals surface area contributed by atoms with Crippen LogP contribution in [0.3, 0.4) is 0 Å². The SMILES string of the molecule is O=C(NCC(c1cccnc1)S(=O)(=O)c1ccccc1)c1ccc(Br)cc1. The van der Waals surface area contributed by atoms with Crippen molar-refractivity contribution in [1.82, 2.24) is 10.3 Å². The second-order valence-corrected chi connectivity index (χ2v) is 8.90. The van der Waals surface area contributed by atoms with Gasteiger partial charge in [0.2, 0.25) is 0 Å². The van der Waals surface area contributed by atoms with Gasteiger partial charge in [0.1, 0.15) is 5.25 Å². The van der Waals surface area contributed by atoms with Gasteiger partial charge in [-0.2, -0.15) is 0 Å². The molecule has 7 heteroatoms. The summed E-state index contributed by atoms with van der Waals surface area (Å²) in [6.45, 7) is -0.0577. The Morgan fingerprint density at radius 3 is 2.33 bits per heavy atom. The van der Waals surface area contributed by atoms with Crippen molar-refractivity contribution >= 4 is 31.7 Å². The van der Waals surface area contributed by atoms with Crippen molar-refractivity contribution in [2.45, 2.75) is 10.1 Å². The van der Waals surface area contributed by atoms with Gasteiger partial charge in [0.05, 0.1) is 4.90 Å². The standard InChI is InChI=1S/C20H17BrN2O3S/c21-17-10-8-15(9-11-17)20(24)23-14-19(16-5-4-12-22-13-16)27(25,26)18-6-2-1-3-7-18/h1-13,19H,14H2,(H,23,24). The van der Waals surface area contributed by atoms with Crippen molar-refractivity contribution in [1.29, 1.82) is 0 Å². The molecular formula is C20H17BrN2O3S. The lowest BCUT2D eigenvalue weighted by molar-refractivity contribution is 0.0953. The second-order valence-electron chi connectivity index (χ2n) is 5.85. The topological polar surface area (TPSA) is 76.1 Å². The van der Waals surface area contributed by atoms with Gasteiger partial charge in [-0.15, -0.1) is 0 Å². The van der Waals surface area contributed by atoms with Crippen LogP contribution in [0.4, 0.5) is 0 Å². The van der Waals surface area contributed by atoms with Gasteiger partial charge in [-0.25, -0.2) is 8.42 Å². The first kappa shape index (κ1) is 19.3. The Morgan fingerprint density at radius 1 is 1.00 bits per heavy atom. The molecule has 0 saturated carbocycles. The highest BCUT2D eigenvalue weighted by Gasteiger charge is 2.29. The average Bonchev–Trinajstić information content (AvgIpc) is 2.70. The van der Waals surface area contributed by atoms with Crippen LogP contribution < -0.4 is 5.32 Å². The van der Waals surface area contributed by atoms with E-state index in [4.69, 9.17) is 0 Å². The van der Waals surface area contributed by atoms with E-state index in [1.807, 2.05) is 0 Å². The summed E-state index contributed by atoms with van der Waals surface area (Å²) in [6, 6.07) is 18.4. The summed E-state index contributed by atoms with van der Waals surface area (Å²) in [5, 5.41) is 1.79. The number of benzene rings is 2. The van der Waals surface area contributed by atoms with E-state index in [2.05, 4.69) is 26.2 Å². The molecule has 0 aliphatic rings. The van der Waals surface area contributed by atoms with E-state index in [1.165, 1.54) is 6.20 Å². The van der Waals surface area contributed by atoms with Crippen LogP contribution in [0.2, 0.25) is 0 Å². The number of carbonyl (C=O) groups excluding carboxylic acids is 1. The van der Waals surface area contributed by atoms with Crippen LogP contribution in [-0.2, 0) is 9.84 Å². The lowest BCUT2D eigenvalue weighted by atomic mass is 10.2. The Kier molecular flexibility index (Phi) is 6.03. The highest BCUT2D eigenvalue weighted by Crippen LogP contribution is 2.28. The minimum Gasteiger partial charge on any atom is -0.350 e. The smallest absolute Gasteiger partial charge is 0.251 e. The van der Waals surface area contributed by atoms with Crippen molar-refractivity contribution in [2.24, 2.45) is 0 Å². The minimum atomic E-state index is -3.70. The molecule has 138 valence electrons. The molecule has 0 aliphatic heterocycles. The molecule has 5 nitrogen and oxygen atoms in total. The van der Waals surface area contributed by atoms with Gasteiger partial charge in [0, 0.05) is 29.0 Å². The summed E-state index contributed by atoms with van der Waals surface area (Å²) >= 11 is 3.32. The van der Waals surface area contributed by atoms with Crippen LogP contribution in [0, 0.1) is 0 Å². The molecule has 0 aliphatic carbocycles. The van der Waals surface area contributed by atoms with E-state index in [9.17, 15) is 13.2 Å². The minimum absolute atomic E-state index is 0.0577. The third kappa shape index (κ3) is 4.61.